The molecule has 8 heteroatoms. The van der Waals surface area contributed by atoms with Gasteiger partial charge in [-0.2, -0.15) is 4.31 Å². The highest BCUT2D eigenvalue weighted by atomic mass is 32.2. The molecular weight excluding hydrogens is 298 g/mol. The molecule has 0 aliphatic carbocycles. The van der Waals surface area contributed by atoms with Crippen LogP contribution in [0.25, 0.3) is 0 Å². The van der Waals surface area contributed by atoms with E-state index in [4.69, 9.17) is 5.73 Å². The third-order valence-corrected chi connectivity index (χ3v) is 6.55. The Balaban J connectivity index is 2.27. The average molecular weight is 319 g/mol. The Hall–Kier alpha value is -0.700. The number of nitrogens with two attached hydrogens (primary N) is 1. The Morgan fingerprint density at radius 1 is 1.35 bits per heavy atom. The third kappa shape index (κ3) is 3.13. The van der Waals surface area contributed by atoms with E-state index in [2.05, 4.69) is 0 Å². The predicted octanol–water partition coefficient (Wildman–Crippen LogP) is 0.110. The molecule has 1 fully saturated rings. The molecule has 0 amide bonds. The van der Waals surface area contributed by atoms with Gasteiger partial charge in [-0.3, -0.25) is 4.21 Å². The van der Waals surface area contributed by atoms with E-state index in [1.54, 1.807) is 12.3 Å². The van der Waals surface area contributed by atoms with E-state index in [0.29, 0.717) is 36.0 Å². The van der Waals surface area contributed by atoms with Crippen molar-refractivity contribution in [2.24, 2.45) is 5.73 Å². The highest BCUT2D eigenvalue weighted by Crippen LogP contribution is 2.20. The van der Waals surface area contributed by atoms with E-state index in [-0.39, 0.29) is 0 Å². The Morgan fingerprint density at radius 3 is 2.55 bits per heavy atom. The molecule has 0 saturated carbocycles. The van der Waals surface area contributed by atoms with Crippen LogP contribution in [-0.4, -0.2) is 46.1 Å². The van der Waals surface area contributed by atoms with Crippen molar-refractivity contribution in [3.8, 4) is 0 Å². The molecule has 1 aliphatic rings. The monoisotopic (exact) mass is 319 g/mol. The van der Waals surface area contributed by atoms with Crippen LogP contribution in [0.15, 0.2) is 17.2 Å². The molecule has 0 bridgehead atoms. The van der Waals surface area contributed by atoms with Crippen LogP contribution < -0.4 is 5.73 Å². The van der Waals surface area contributed by atoms with Crippen molar-refractivity contribution in [2.45, 2.75) is 31.3 Å². The molecule has 0 radical (unpaired) electrons. The number of nitrogens with zero attached hydrogens (tertiary/aromatic N) is 2. The first-order chi connectivity index (χ1) is 9.48. The molecule has 20 heavy (non-hydrogen) atoms. The van der Waals surface area contributed by atoms with Crippen molar-refractivity contribution in [1.82, 2.24) is 8.87 Å². The number of aryl methyl sites for hydroxylation is 1. The van der Waals surface area contributed by atoms with Crippen LogP contribution in [0.5, 0.6) is 0 Å². The predicted molar refractivity (Wildman–Crippen MR) is 79.2 cm³/mol. The standard InChI is InChI=1S/C12H21N3O3S2/c1-2-3-14-10-12(8-11(14)9-13)20(17,18)15-4-6-19(16)7-5-15/h8,10H,2-7,9,13H2,1H3. The maximum atomic E-state index is 12.6. The molecule has 0 spiro atoms. The molecule has 114 valence electrons. The van der Waals surface area contributed by atoms with E-state index in [1.165, 1.54) is 4.31 Å². The third-order valence-electron chi connectivity index (χ3n) is 3.41. The molecule has 6 nitrogen and oxygen atoms in total. The molecule has 1 aromatic rings. The van der Waals surface area contributed by atoms with Crippen LogP contribution in [0, 0.1) is 0 Å². The van der Waals surface area contributed by atoms with Gasteiger partial charge in [0, 0.05) is 60.4 Å². The normalized spacial score (nSPS) is 18.5. The van der Waals surface area contributed by atoms with Crippen LogP contribution >= 0.6 is 0 Å². The summed E-state index contributed by atoms with van der Waals surface area (Å²) < 4.78 is 39.8. The highest BCUT2D eigenvalue weighted by molar-refractivity contribution is 7.89. The molecule has 2 heterocycles. The topological polar surface area (TPSA) is 85.4 Å². The Labute approximate surface area is 122 Å². The van der Waals surface area contributed by atoms with Crippen molar-refractivity contribution in [1.29, 1.82) is 0 Å². The number of aromatic nitrogens is 1. The van der Waals surface area contributed by atoms with Gasteiger partial charge < -0.3 is 10.3 Å². The summed E-state index contributed by atoms with van der Waals surface area (Å²) in [5.74, 6) is 0.831. The average Bonchev–Trinajstić information content (AvgIpc) is 2.83. The zero-order valence-corrected chi connectivity index (χ0v) is 13.3. The van der Waals surface area contributed by atoms with Gasteiger partial charge in [0.1, 0.15) is 4.90 Å². The largest absolute Gasteiger partial charge is 0.349 e. The lowest BCUT2D eigenvalue weighted by molar-refractivity contribution is 0.438. The van der Waals surface area contributed by atoms with Crippen LogP contribution in [-0.2, 0) is 33.9 Å². The minimum atomic E-state index is -3.49. The summed E-state index contributed by atoms with van der Waals surface area (Å²) >= 11 is 0. The maximum Gasteiger partial charge on any atom is 0.244 e. The van der Waals surface area contributed by atoms with Crippen molar-refractivity contribution in [3.63, 3.8) is 0 Å². The zero-order chi connectivity index (χ0) is 14.8. The number of hydrogen-bond donors (Lipinski definition) is 1. The van der Waals surface area contributed by atoms with Crippen molar-refractivity contribution in [2.75, 3.05) is 24.6 Å². The van der Waals surface area contributed by atoms with E-state index in [1.807, 2.05) is 11.5 Å². The first-order valence-corrected chi connectivity index (χ1v) is 9.66. The lowest BCUT2D eigenvalue weighted by atomic mass is 10.4. The molecule has 1 aliphatic heterocycles. The number of hydrogen-bond acceptors (Lipinski definition) is 4. The molecule has 0 atom stereocenters. The molecule has 2 rings (SSSR count). The molecule has 1 aromatic heterocycles. The summed E-state index contributed by atoms with van der Waals surface area (Å²) in [5.41, 5.74) is 6.49. The van der Waals surface area contributed by atoms with Crippen molar-refractivity contribution in [3.05, 3.63) is 18.0 Å². The molecule has 0 aromatic carbocycles. The number of rotatable bonds is 5. The minimum Gasteiger partial charge on any atom is -0.349 e. The van der Waals surface area contributed by atoms with Gasteiger partial charge in [-0.05, 0) is 12.5 Å². The smallest absolute Gasteiger partial charge is 0.244 e. The van der Waals surface area contributed by atoms with Gasteiger partial charge in [0.2, 0.25) is 10.0 Å². The van der Waals surface area contributed by atoms with Gasteiger partial charge in [-0.15, -0.1) is 0 Å². The number of sulfonamides is 1. The van der Waals surface area contributed by atoms with Gasteiger partial charge in [-0.1, -0.05) is 6.92 Å². The Bertz CT molecular complexity index is 585. The summed E-state index contributed by atoms with van der Waals surface area (Å²) in [6.07, 6.45) is 2.58. The van der Waals surface area contributed by atoms with E-state index >= 15 is 0 Å². The lowest BCUT2D eigenvalue weighted by Gasteiger charge is -2.24. The highest BCUT2D eigenvalue weighted by Gasteiger charge is 2.29. The summed E-state index contributed by atoms with van der Waals surface area (Å²) in [6.45, 7) is 3.76. The minimum absolute atomic E-state index is 0.291. The van der Waals surface area contributed by atoms with Gasteiger partial charge in [0.15, 0.2) is 0 Å². The van der Waals surface area contributed by atoms with E-state index in [0.717, 1.165) is 18.7 Å². The first kappa shape index (κ1) is 15.7. The summed E-state index contributed by atoms with van der Waals surface area (Å²) in [5, 5.41) is 0. The van der Waals surface area contributed by atoms with Crippen LogP contribution in [0.2, 0.25) is 0 Å². The second-order valence-electron chi connectivity index (χ2n) is 4.82. The second-order valence-corrected chi connectivity index (χ2v) is 8.45. The van der Waals surface area contributed by atoms with Crippen molar-refractivity contribution >= 4 is 20.8 Å². The summed E-state index contributed by atoms with van der Waals surface area (Å²) in [6, 6.07) is 1.65. The molecular formula is C12H21N3O3S2. The summed E-state index contributed by atoms with van der Waals surface area (Å²) in [7, 11) is -4.38. The second kappa shape index (κ2) is 6.38. The zero-order valence-electron chi connectivity index (χ0n) is 11.6. The maximum absolute atomic E-state index is 12.6. The van der Waals surface area contributed by atoms with Crippen LogP contribution in [0.1, 0.15) is 19.0 Å². The molecule has 1 saturated heterocycles. The fraction of sp³-hybridized carbons (Fsp3) is 0.667. The van der Waals surface area contributed by atoms with Gasteiger partial charge in [-0.25, -0.2) is 8.42 Å². The van der Waals surface area contributed by atoms with E-state index < -0.39 is 20.8 Å². The van der Waals surface area contributed by atoms with Crippen LogP contribution in [0.3, 0.4) is 0 Å². The van der Waals surface area contributed by atoms with E-state index in [9.17, 15) is 12.6 Å². The lowest BCUT2D eigenvalue weighted by Crippen LogP contribution is -2.41. The SMILES string of the molecule is CCCn1cc(S(=O)(=O)N2CCS(=O)CC2)cc1CN. The van der Waals surface area contributed by atoms with Gasteiger partial charge >= 0.3 is 0 Å². The fourth-order valence-corrected chi connectivity index (χ4v) is 5.09. The molecule has 0 unspecified atom stereocenters. The Kier molecular flexibility index (Phi) is 5.00. The molecule has 2 N–H and O–H groups in total. The van der Waals surface area contributed by atoms with Crippen LogP contribution in [0.4, 0.5) is 0 Å². The quantitative estimate of drug-likeness (QED) is 0.835. The van der Waals surface area contributed by atoms with Crippen molar-refractivity contribution < 1.29 is 12.6 Å². The van der Waals surface area contributed by atoms with Gasteiger partial charge in [0.25, 0.3) is 0 Å². The fourth-order valence-electron chi connectivity index (χ4n) is 2.30. The Morgan fingerprint density at radius 2 is 2.00 bits per heavy atom. The summed E-state index contributed by atoms with van der Waals surface area (Å²) in [4.78, 5) is 0.291. The first-order valence-electron chi connectivity index (χ1n) is 6.73. The van der Waals surface area contributed by atoms with Gasteiger partial charge in [0.05, 0.1) is 0 Å².